The molecule has 400 valence electrons. The van der Waals surface area contributed by atoms with Gasteiger partial charge < -0.3 is 14.2 Å². The Morgan fingerprint density at radius 3 is 0.913 bits per heavy atom. The number of esters is 3. The van der Waals surface area contributed by atoms with Crippen molar-refractivity contribution in [3.05, 3.63) is 60.8 Å². The highest BCUT2D eigenvalue weighted by Gasteiger charge is 2.19. The second kappa shape index (κ2) is 57.7. The van der Waals surface area contributed by atoms with Gasteiger partial charge in [0.05, 0.1) is 0 Å². The van der Waals surface area contributed by atoms with Crippen LogP contribution in [-0.4, -0.2) is 37.2 Å². The van der Waals surface area contributed by atoms with E-state index < -0.39 is 6.10 Å². The summed E-state index contributed by atoms with van der Waals surface area (Å²) in [6, 6.07) is 0. The molecule has 0 aromatic rings. The SMILES string of the molecule is CC/C=C/C/C=C/C/C=C/CCCCCCCC(=O)OC[C@H](COC(=O)CCCCCCCCCCC/C=C/C/C=C/CCCCC)OC(=O)CCCCCCCCCCCCCCCCCCC. The van der Waals surface area contributed by atoms with Crippen molar-refractivity contribution in [3.8, 4) is 0 Å². The van der Waals surface area contributed by atoms with Crippen molar-refractivity contribution >= 4 is 17.9 Å². The summed E-state index contributed by atoms with van der Waals surface area (Å²) >= 11 is 0. The van der Waals surface area contributed by atoms with Crippen LogP contribution in [0.4, 0.5) is 0 Å². The van der Waals surface area contributed by atoms with Crippen LogP contribution in [0.25, 0.3) is 0 Å². The summed E-state index contributed by atoms with van der Waals surface area (Å²) < 4.78 is 16.9. The van der Waals surface area contributed by atoms with E-state index in [9.17, 15) is 14.4 Å². The zero-order valence-electron chi connectivity index (χ0n) is 45.8. The average Bonchev–Trinajstić information content (AvgIpc) is 3.35. The Balaban J connectivity index is 4.37. The molecule has 6 heteroatoms. The smallest absolute Gasteiger partial charge is 0.306 e. The number of ether oxygens (including phenoxy) is 3. The van der Waals surface area contributed by atoms with E-state index in [0.29, 0.717) is 19.3 Å². The molecule has 0 aromatic carbocycles. The quantitative estimate of drug-likeness (QED) is 0.0262. The van der Waals surface area contributed by atoms with Crippen molar-refractivity contribution in [1.29, 1.82) is 0 Å². The Morgan fingerprint density at radius 2 is 0.565 bits per heavy atom. The molecule has 0 amide bonds. The summed E-state index contributed by atoms with van der Waals surface area (Å²) in [7, 11) is 0. The molecule has 0 bridgehead atoms. The van der Waals surface area contributed by atoms with Crippen molar-refractivity contribution < 1.29 is 28.6 Å². The zero-order valence-corrected chi connectivity index (χ0v) is 45.8. The number of hydrogen-bond donors (Lipinski definition) is 0. The van der Waals surface area contributed by atoms with Crippen LogP contribution in [0, 0.1) is 0 Å². The number of carbonyl (C=O) groups is 3. The van der Waals surface area contributed by atoms with Gasteiger partial charge in [0.1, 0.15) is 13.2 Å². The summed E-state index contributed by atoms with van der Waals surface area (Å²) in [6.45, 7) is 6.52. The maximum absolute atomic E-state index is 12.9. The number of allylic oxidation sites excluding steroid dienone is 10. The van der Waals surface area contributed by atoms with Crippen molar-refractivity contribution in [2.24, 2.45) is 0 Å². The van der Waals surface area contributed by atoms with Gasteiger partial charge in [-0.3, -0.25) is 14.4 Å². The molecule has 0 aliphatic heterocycles. The summed E-state index contributed by atoms with van der Waals surface area (Å²) in [5.41, 5.74) is 0. The Kier molecular flexibility index (Phi) is 55.3. The molecule has 6 nitrogen and oxygen atoms in total. The fourth-order valence-corrected chi connectivity index (χ4v) is 8.55. The first-order valence-electron chi connectivity index (χ1n) is 29.8. The fourth-order valence-electron chi connectivity index (χ4n) is 8.55. The second-order valence-corrected chi connectivity index (χ2v) is 19.9. The van der Waals surface area contributed by atoms with Crippen LogP contribution >= 0.6 is 0 Å². The Bertz CT molecular complexity index is 1250. The Morgan fingerprint density at radius 1 is 0.304 bits per heavy atom. The van der Waals surface area contributed by atoms with Gasteiger partial charge in [0.2, 0.25) is 0 Å². The molecular weight excluding hydrogens is 853 g/mol. The van der Waals surface area contributed by atoms with Gasteiger partial charge in [0, 0.05) is 19.3 Å². The highest BCUT2D eigenvalue weighted by atomic mass is 16.6. The van der Waals surface area contributed by atoms with Crippen molar-refractivity contribution in [2.45, 2.75) is 309 Å². The zero-order chi connectivity index (χ0) is 50.0. The van der Waals surface area contributed by atoms with Crippen molar-refractivity contribution in [2.75, 3.05) is 13.2 Å². The molecular formula is C63H112O6. The van der Waals surface area contributed by atoms with E-state index in [0.717, 1.165) is 103 Å². The molecule has 0 aromatic heterocycles. The van der Waals surface area contributed by atoms with E-state index in [2.05, 4.69) is 81.5 Å². The molecule has 0 aliphatic rings. The van der Waals surface area contributed by atoms with Crippen LogP contribution in [0.15, 0.2) is 60.8 Å². The number of hydrogen-bond acceptors (Lipinski definition) is 6. The highest BCUT2D eigenvalue weighted by molar-refractivity contribution is 5.71. The lowest BCUT2D eigenvalue weighted by molar-refractivity contribution is -0.167. The highest BCUT2D eigenvalue weighted by Crippen LogP contribution is 2.16. The lowest BCUT2D eigenvalue weighted by atomic mass is 10.0. The lowest BCUT2D eigenvalue weighted by Crippen LogP contribution is -2.30. The van der Waals surface area contributed by atoms with Gasteiger partial charge in [-0.1, -0.05) is 261 Å². The first-order chi connectivity index (χ1) is 34.0. The molecule has 0 heterocycles. The third kappa shape index (κ3) is 55.9. The van der Waals surface area contributed by atoms with E-state index in [1.165, 1.54) is 161 Å². The van der Waals surface area contributed by atoms with E-state index in [-0.39, 0.29) is 31.1 Å². The van der Waals surface area contributed by atoms with Crippen LogP contribution in [-0.2, 0) is 28.6 Å². The van der Waals surface area contributed by atoms with Crippen molar-refractivity contribution in [1.82, 2.24) is 0 Å². The molecule has 0 rings (SSSR count). The molecule has 0 aliphatic carbocycles. The summed E-state index contributed by atoms with van der Waals surface area (Å²) in [5, 5.41) is 0. The number of carbonyl (C=O) groups excluding carboxylic acids is 3. The summed E-state index contributed by atoms with van der Waals surface area (Å²) in [6.07, 6.45) is 72.1. The molecule has 0 radical (unpaired) electrons. The standard InChI is InChI=1S/C63H112O6/c1-4-7-10-13-16-19-22-25-28-30-31-33-35-38-41-44-47-50-53-56-62(65)68-59-60(58-67-61(64)55-52-49-46-43-40-37-34-27-24-21-18-15-12-9-6-3)69-63(66)57-54-51-48-45-42-39-36-32-29-26-23-20-17-14-11-8-5-2/h9,12,16,18-19,21,25,27-28,34,60H,4-8,10-11,13-15,17,20,22-24,26,29-33,35-59H2,1-3H3/b12-9+,19-16+,21-18+,28-25+,34-27+/t60-/m1/s1. The van der Waals surface area contributed by atoms with Crippen molar-refractivity contribution in [3.63, 3.8) is 0 Å². The summed E-state index contributed by atoms with van der Waals surface area (Å²) in [5.74, 6) is -0.885. The maximum Gasteiger partial charge on any atom is 0.306 e. The number of unbranched alkanes of at least 4 members (excludes halogenated alkanes) is 33. The molecule has 69 heavy (non-hydrogen) atoms. The largest absolute Gasteiger partial charge is 0.462 e. The second-order valence-electron chi connectivity index (χ2n) is 19.9. The molecule has 0 N–H and O–H groups in total. The van der Waals surface area contributed by atoms with Gasteiger partial charge >= 0.3 is 17.9 Å². The van der Waals surface area contributed by atoms with E-state index >= 15 is 0 Å². The first-order valence-corrected chi connectivity index (χ1v) is 29.8. The Labute approximate surface area is 428 Å². The average molecular weight is 966 g/mol. The lowest BCUT2D eigenvalue weighted by Gasteiger charge is -2.18. The van der Waals surface area contributed by atoms with Crippen LogP contribution in [0.2, 0.25) is 0 Å². The molecule has 0 spiro atoms. The summed E-state index contributed by atoms with van der Waals surface area (Å²) in [4.78, 5) is 38.2. The maximum atomic E-state index is 12.9. The number of rotatable bonds is 54. The van der Waals surface area contributed by atoms with Crippen LogP contribution < -0.4 is 0 Å². The molecule has 0 fully saturated rings. The van der Waals surface area contributed by atoms with E-state index in [4.69, 9.17) is 14.2 Å². The van der Waals surface area contributed by atoms with Gasteiger partial charge in [-0.25, -0.2) is 0 Å². The van der Waals surface area contributed by atoms with Gasteiger partial charge in [-0.2, -0.15) is 0 Å². The van der Waals surface area contributed by atoms with Gasteiger partial charge in [0.15, 0.2) is 6.10 Å². The van der Waals surface area contributed by atoms with E-state index in [1.807, 2.05) is 0 Å². The molecule has 0 saturated heterocycles. The molecule has 1 atom stereocenters. The van der Waals surface area contributed by atoms with Gasteiger partial charge in [-0.05, 0) is 83.5 Å². The van der Waals surface area contributed by atoms with Crippen LogP contribution in [0.3, 0.4) is 0 Å². The minimum atomic E-state index is -0.782. The normalized spacial score (nSPS) is 12.4. The van der Waals surface area contributed by atoms with Gasteiger partial charge in [0.25, 0.3) is 0 Å². The minimum Gasteiger partial charge on any atom is -0.462 e. The van der Waals surface area contributed by atoms with E-state index in [1.54, 1.807) is 0 Å². The molecule has 0 saturated carbocycles. The predicted molar refractivity (Wildman–Crippen MR) is 298 cm³/mol. The van der Waals surface area contributed by atoms with Crippen LogP contribution in [0.5, 0.6) is 0 Å². The Hall–Kier alpha value is -2.89. The molecule has 0 unspecified atom stereocenters. The van der Waals surface area contributed by atoms with Gasteiger partial charge in [-0.15, -0.1) is 0 Å². The topological polar surface area (TPSA) is 78.9 Å². The third-order valence-electron chi connectivity index (χ3n) is 13.0. The predicted octanol–water partition coefficient (Wildman–Crippen LogP) is 20.0. The third-order valence-corrected chi connectivity index (χ3v) is 13.0. The monoisotopic (exact) mass is 965 g/mol. The van der Waals surface area contributed by atoms with Crippen LogP contribution in [0.1, 0.15) is 303 Å². The fraction of sp³-hybridized carbons (Fsp3) is 0.794. The first kappa shape index (κ1) is 66.1. The minimum absolute atomic E-state index is 0.0795.